The van der Waals surface area contributed by atoms with Crippen LogP contribution in [0.2, 0.25) is 0 Å². The second-order valence-electron chi connectivity index (χ2n) is 6.71. The van der Waals surface area contributed by atoms with Crippen LogP contribution in [0.1, 0.15) is 29.8 Å². The summed E-state index contributed by atoms with van der Waals surface area (Å²) < 4.78 is 10.7. The quantitative estimate of drug-likeness (QED) is 0.476. The molecule has 0 aliphatic carbocycles. The van der Waals surface area contributed by atoms with Crippen molar-refractivity contribution in [2.24, 2.45) is 5.92 Å². The van der Waals surface area contributed by atoms with Crippen LogP contribution in [0, 0.1) is 5.92 Å². The molecule has 0 saturated heterocycles. The second-order valence-corrected chi connectivity index (χ2v) is 7.12. The molecule has 0 fully saturated rings. The summed E-state index contributed by atoms with van der Waals surface area (Å²) in [5.74, 6) is 1.15. The number of amides is 2. The summed E-state index contributed by atoms with van der Waals surface area (Å²) in [5, 5.41) is 2.51. The molecule has 8 heteroatoms. The van der Waals surface area contributed by atoms with Crippen molar-refractivity contribution >= 4 is 29.1 Å². The number of hydrogen-bond donors (Lipinski definition) is 3. The van der Waals surface area contributed by atoms with Gasteiger partial charge in [-0.2, -0.15) is 0 Å². The van der Waals surface area contributed by atoms with E-state index in [1.54, 1.807) is 55.6 Å². The van der Waals surface area contributed by atoms with E-state index in [-0.39, 0.29) is 23.3 Å². The lowest BCUT2D eigenvalue weighted by Crippen LogP contribution is -2.48. The predicted molar refractivity (Wildman–Crippen MR) is 115 cm³/mol. The van der Waals surface area contributed by atoms with Gasteiger partial charge in [-0.3, -0.25) is 25.8 Å². The Kier molecular flexibility index (Phi) is 8.42. The van der Waals surface area contributed by atoms with Crippen LogP contribution in [0.5, 0.6) is 11.5 Å². The lowest BCUT2D eigenvalue weighted by Gasteiger charge is -2.12. The molecule has 0 atom stereocenters. The minimum Gasteiger partial charge on any atom is -0.497 e. The van der Waals surface area contributed by atoms with Crippen LogP contribution in [-0.2, 0) is 11.2 Å². The number of thiocarbonyl (C=S) groups is 1. The van der Waals surface area contributed by atoms with Crippen molar-refractivity contribution in [3.63, 3.8) is 0 Å². The number of benzene rings is 2. The number of carbonyl (C=O) groups is 2. The zero-order valence-electron chi connectivity index (χ0n) is 16.7. The first kappa shape index (κ1) is 22.2. The van der Waals surface area contributed by atoms with Gasteiger partial charge in [0.05, 0.1) is 20.1 Å². The highest BCUT2D eigenvalue weighted by Crippen LogP contribution is 2.13. The fourth-order valence-electron chi connectivity index (χ4n) is 2.27. The Morgan fingerprint density at radius 3 is 2.17 bits per heavy atom. The van der Waals surface area contributed by atoms with Crippen molar-refractivity contribution in [3.8, 4) is 11.5 Å². The van der Waals surface area contributed by atoms with E-state index in [9.17, 15) is 9.59 Å². The third-order valence-corrected chi connectivity index (χ3v) is 3.97. The molecule has 0 heterocycles. The van der Waals surface area contributed by atoms with Gasteiger partial charge in [0.2, 0.25) is 5.91 Å². The van der Waals surface area contributed by atoms with Gasteiger partial charge >= 0.3 is 0 Å². The lowest BCUT2D eigenvalue weighted by molar-refractivity contribution is -0.121. The Hall–Kier alpha value is -3.13. The van der Waals surface area contributed by atoms with E-state index >= 15 is 0 Å². The SMILES string of the molecule is COc1ccc(CC(=O)NNC(=S)NC(=O)c2ccc(OCC(C)C)cc2)cc1. The monoisotopic (exact) mass is 415 g/mol. The van der Waals surface area contributed by atoms with Gasteiger partial charge in [-0.1, -0.05) is 26.0 Å². The van der Waals surface area contributed by atoms with E-state index < -0.39 is 0 Å². The van der Waals surface area contributed by atoms with Gasteiger partial charge in [0.25, 0.3) is 5.91 Å². The van der Waals surface area contributed by atoms with Gasteiger partial charge in [-0.05, 0) is 60.1 Å². The third-order valence-electron chi connectivity index (χ3n) is 3.77. The topological polar surface area (TPSA) is 88.7 Å². The van der Waals surface area contributed by atoms with Gasteiger partial charge < -0.3 is 9.47 Å². The maximum absolute atomic E-state index is 12.2. The average molecular weight is 416 g/mol. The van der Waals surface area contributed by atoms with Crippen LogP contribution in [-0.4, -0.2) is 30.6 Å². The molecule has 3 N–H and O–H groups in total. The first-order chi connectivity index (χ1) is 13.9. The highest BCUT2D eigenvalue weighted by atomic mass is 32.1. The molecule has 2 amide bonds. The Bertz CT molecular complexity index is 836. The molecular formula is C21H25N3O4S. The molecular weight excluding hydrogens is 390 g/mol. The first-order valence-electron chi connectivity index (χ1n) is 9.13. The number of hydrazine groups is 1. The molecule has 2 aromatic rings. The zero-order valence-corrected chi connectivity index (χ0v) is 17.5. The molecule has 0 spiro atoms. The molecule has 0 saturated carbocycles. The van der Waals surface area contributed by atoms with Crippen LogP contribution in [0.15, 0.2) is 48.5 Å². The van der Waals surface area contributed by atoms with Crippen LogP contribution in [0.25, 0.3) is 0 Å². The van der Waals surface area contributed by atoms with Crippen molar-refractivity contribution < 1.29 is 19.1 Å². The van der Waals surface area contributed by atoms with Crippen molar-refractivity contribution in [1.82, 2.24) is 16.2 Å². The number of hydrogen-bond acceptors (Lipinski definition) is 5. The largest absolute Gasteiger partial charge is 0.497 e. The maximum Gasteiger partial charge on any atom is 0.257 e. The summed E-state index contributed by atoms with van der Waals surface area (Å²) in [5.41, 5.74) is 6.22. The van der Waals surface area contributed by atoms with E-state index in [0.29, 0.717) is 23.8 Å². The van der Waals surface area contributed by atoms with Gasteiger partial charge in [-0.15, -0.1) is 0 Å². The lowest BCUT2D eigenvalue weighted by atomic mass is 10.1. The number of ether oxygens (including phenoxy) is 2. The van der Waals surface area contributed by atoms with Crippen molar-refractivity contribution in [2.75, 3.05) is 13.7 Å². The molecule has 0 aliphatic rings. The molecule has 0 bridgehead atoms. The Balaban J connectivity index is 1.76. The minimum atomic E-state index is -0.387. The van der Waals surface area contributed by atoms with E-state index in [1.165, 1.54) is 0 Å². The Morgan fingerprint density at radius 2 is 1.59 bits per heavy atom. The summed E-state index contributed by atoms with van der Waals surface area (Å²) in [6, 6.07) is 13.9. The molecule has 29 heavy (non-hydrogen) atoms. The molecule has 0 aliphatic heterocycles. The zero-order chi connectivity index (χ0) is 21.2. The van der Waals surface area contributed by atoms with E-state index in [1.807, 2.05) is 0 Å². The fourth-order valence-corrected chi connectivity index (χ4v) is 2.42. The second kappa shape index (κ2) is 11.0. The Morgan fingerprint density at radius 1 is 0.966 bits per heavy atom. The van der Waals surface area contributed by atoms with Gasteiger partial charge in [-0.25, -0.2) is 0 Å². The van der Waals surface area contributed by atoms with Gasteiger partial charge in [0.15, 0.2) is 5.11 Å². The molecule has 0 unspecified atom stereocenters. The first-order valence-corrected chi connectivity index (χ1v) is 9.54. The summed E-state index contributed by atoms with van der Waals surface area (Å²) in [6.07, 6.45) is 0.158. The van der Waals surface area contributed by atoms with E-state index in [2.05, 4.69) is 30.0 Å². The number of rotatable bonds is 7. The Labute approximate surface area is 175 Å². The molecule has 0 aromatic heterocycles. The fraction of sp³-hybridized carbons (Fsp3) is 0.286. The predicted octanol–water partition coefficient (Wildman–Crippen LogP) is 2.61. The van der Waals surface area contributed by atoms with Crippen molar-refractivity contribution in [1.29, 1.82) is 0 Å². The van der Waals surface area contributed by atoms with Gasteiger partial charge in [0.1, 0.15) is 11.5 Å². The normalized spacial score (nSPS) is 10.2. The maximum atomic E-state index is 12.2. The highest BCUT2D eigenvalue weighted by Gasteiger charge is 2.09. The van der Waals surface area contributed by atoms with Crippen LogP contribution < -0.4 is 25.6 Å². The molecule has 0 radical (unpaired) electrons. The summed E-state index contributed by atoms with van der Waals surface area (Å²) in [6.45, 7) is 4.73. The smallest absolute Gasteiger partial charge is 0.257 e. The summed E-state index contributed by atoms with van der Waals surface area (Å²) in [7, 11) is 1.58. The molecule has 2 aromatic carbocycles. The summed E-state index contributed by atoms with van der Waals surface area (Å²) >= 11 is 5.04. The van der Waals surface area contributed by atoms with Crippen LogP contribution >= 0.6 is 12.2 Å². The van der Waals surface area contributed by atoms with Crippen molar-refractivity contribution in [2.45, 2.75) is 20.3 Å². The van der Waals surface area contributed by atoms with E-state index in [4.69, 9.17) is 21.7 Å². The van der Waals surface area contributed by atoms with Crippen molar-refractivity contribution in [3.05, 3.63) is 59.7 Å². The standard InChI is InChI=1S/C21H25N3O4S/c1-14(2)13-28-18-10-6-16(7-11-18)20(26)22-21(29)24-23-19(25)12-15-4-8-17(27-3)9-5-15/h4-11,14H,12-13H2,1-3H3,(H,23,25)(H2,22,24,26,29). The van der Waals surface area contributed by atoms with Crippen LogP contribution in [0.4, 0.5) is 0 Å². The number of nitrogens with one attached hydrogen (secondary N) is 3. The minimum absolute atomic E-state index is 0.00165. The third kappa shape index (κ3) is 7.79. The number of methoxy groups -OCH3 is 1. The molecule has 7 nitrogen and oxygen atoms in total. The highest BCUT2D eigenvalue weighted by molar-refractivity contribution is 7.80. The van der Waals surface area contributed by atoms with Gasteiger partial charge in [0, 0.05) is 5.56 Å². The molecule has 154 valence electrons. The summed E-state index contributed by atoms with van der Waals surface area (Å²) in [4.78, 5) is 24.2. The van der Waals surface area contributed by atoms with E-state index in [0.717, 1.165) is 11.3 Å². The van der Waals surface area contributed by atoms with Crippen LogP contribution in [0.3, 0.4) is 0 Å². The average Bonchev–Trinajstić information content (AvgIpc) is 2.71. The molecule has 2 rings (SSSR count). The number of carbonyl (C=O) groups excluding carboxylic acids is 2.